The molecule has 1 aromatic rings. The Labute approximate surface area is 167 Å². The molecule has 0 saturated heterocycles. The average molecular weight is 389 g/mol. The van der Waals surface area contributed by atoms with Crippen molar-refractivity contribution in [2.24, 2.45) is 5.92 Å². The lowest BCUT2D eigenvalue weighted by molar-refractivity contribution is 0.0671. The van der Waals surface area contributed by atoms with Crippen LogP contribution < -0.4 is 14.8 Å². The third-order valence-electron chi connectivity index (χ3n) is 6.95. The number of ether oxygens (including phenoxy) is 3. The molecule has 1 aromatic carbocycles. The highest BCUT2D eigenvalue weighted by Gasteiger charge is 2.62. The van der Waals surface area contributed by atoms with Crippen LogP contribution in [0.25, 0.3) is 0 Å². The Bertz CT molecular complexity index is 752. The first-order chi connectivity index (χ1) is 13.5. The fourth-order valence-corrected chi connectivity index (χ4v) is 5.41. The molecule has 6 heteroatoms. The highest BCUT2D eigenvalue weighted by atomic mass is 16.6. The van der Waals surface area contributed by atoms with Crippen molar-refractivity contribution in [3.8, 4) is 11.5 Å². The summed E-state index contributed by atoms with van der Waals surface area (Å²) in [6.07, 6.45) is 3.32. The van der Waals surface area contributed by atoms with Crippen molar-refractivity contribution in [3.63, 3.8) is 0 Å². The Morgan fingerprint density at radius 2 is 2.25 bits per heavy atom. The summed E-state index contributed by atoms with van der Waals surface area (Å²) in [5.41, 5.74) is 2.46. The van der Waals surface area contributed by atoms with E-state index in [1.165, 1.54) is 11.1 Å². The molecule has 1 unspecified atom stereocenters. The van der Waals surface area contributed by atoms with Gasteiger partial charge in [-0.3, -0.25) is 0 Å². The number of nitrogens with zero attached hydrogens (tertiary/aromatic N) is 1. The van der Waals surface area contributed by atoms with E-state index in [-0.39, 0.29) is 29.6 Å². The van der Waals surface area contributed by atoms with Crippen LogP contribution in [-0.2, 0) is 16.7 Å². The van der Waals surface area contributed by atoms with Gasteiger partial charge in [-0.15, -0.1) is 0 Å². The number of unbranched alkanes of at least 4 members (excludes halogenated alkanes) is 1. The summed E-state index contributed by atoms with van der Waals surface area (Å²) in [5, 5.41) is 2.88. The molecule has 28 heavy (non-hydrogen) atoms. The molecular weight excluding hydrogens is 356 g/mol. The van der Waals surface area contributed by atoms with E-state index in [1.54, 1.807) is 7.11 Å². The van der Waals surface area contributed by atoms with Crippen molar-refractivity contribution in [1.29, 1.82) is 0 Å². The van der Waals surface area contributed by atoms with Gasteiger partial charge >= 0.3 is 6.09 Å². The van der Waals surface area contributed by atoms with Crippen LogP contribution in [0, 0.1) is 5.92 Å². The molecular formula is C22H32N2O4. The predicted octanol–water partition coefficient (Wildman–Crippen LogP) is 3.46. The molecule has 2 aliphatic heterocycles. The SMILES string of the molecule is CCCCNC(=O)O[C@H]1C[C@H]2Oc3c(OC)ccc4c3[C@@]2(CCN(C)C4)C1C. The minimum Gasteiger partial charge on any atom is -0.493 e. The Morgan fingerprint density at radius 3 is 3.00 bits per heavy atom. The Kier molecular flexibility index (Phi) is 5.17. The van der Waals surface area contributed by atoms with Crippen molar-refractivity contribution in [1.82, 2.24) is 10.2 Å². The molecule has 1 amide bonds. The van der Waals surface area contributed by atoms with E-state index in [1.807, 2.05) is 6.07 Å². The molecule has 1 spiro atoms. The van der Waals surface area contributed by atoms with Gasteiger partial charge in [0.1, 0.15) is 12.2 Å². The zero-order chi connectivity index (χ0) is 19.9. The molecule has 0 bridgehead atoms. The second-order valence-corrected chi connectivity index (χ2v) is 8.51. The van der Waals surface area contributed by atoms with Crippen molar-refractivity contribution in [2.75, 3.05) is 27.2 Å². The highest BCUT2D eigenvalue weighted by molar-refractivity contribution is 5.67. The monoisotopic (exact) mass is 388 g/mol. The third kappa shape index (κ3) is 2.93. The Morgan fingerprint density at radius 1 is 1.43 bits per heavy atom. The summed E-state index contributed by atoms with van der Waals surface area (Å²) in [6, 6.07) is 4.19. The van der Waals surface area contributed by atoms with Gasteiger partial charge in [0, 0.05) is 36.4 Å². The van der Waals surface area contributed by atoms with E-state index in [0.29, 0.717) is 6.54 Å². The van der Waals surface area contributed by atoms with Gasteiger partial charge in [0.25, 0.3) is 0 Å². The van der Waals surface area contributed by atoms with E-state index in [0.717, 1.165) is 50.3 Å². The normalized spacial score (nSPS) is 30.8. The van der Waals surface area contributed by atoms with Crippen LogP contribution >= 0.6 is 0 Å². The van der Waals surface area contributed by atoms with E-state index < -0.39 is 0 Å². The number of benzene rings is 1. The fourth-order valence-electron chi connectivity index (χ4n) is 5.41. The van der Waals surface area contributed by atoms with Crippen LogP contribution in [0.2, 0.25) is 0 Å². The van der Waals surface area contributed by atoms with E-state index in [9.17, 15) is 4.79 Å². The van der Waals surface area contributed by atoms with Crippen LogP contribution in [-0.4, -0.2) is 50.4 Å². The number of nitrogens with one attached hydrogen (secondary N) is 1. The largest absolute Gasteiger partial charge is 0.493 e. The van der Waals surface area contributed by atoms with Crippen LogP contribution in [0.1, 0.15) is 50.7 Å². The summed E-state index contributed by atoms with van der Waals surface area (Å²) in [6.45, 7) is 6.89. The first-order valence-corrected chi connectivity index (χ1v) is 10.5. The van der Waals surface area contributed by atoms with Crippen molar-refractivity contribution in [3.05, 3.63) is 23.3 Å². The number of rotatable bonds is 5. The molecule has 4 rings (SSSR count). The van der Waals surface area contributed by atoms with Gasteiger partial charge in [-0.2, -0.15) is 0 Å². The molecule has 3 aliphatic rings. The molecule has 1 N–H and O–H groups in total. The zero-order valence-electron chi connectivity index (χ0n) is 17.4. The summed E-state index contributed by atoms with van der Waals surface area (Å²) in [5.74, 6) is 1.89. The van der Waals surface area contributed by atoms with Gasteiger partial charge in [0.2, 0.25) is 0 Å². The van der Waals surface area contributed by atoms with E-state index in [4.69, 9.17) is 14.2 Å². The van der Waals surface area contributed by atoms with Crippen molar-refractivity contribution in [2.45, 2.75) is 63.7 Å². The van der Waals surface area contributed by atoms with Crippen molar-refractivity contribution >= 4 is 6.09 Å². The maximum atomic E-state index is 12.3. The predicted molar refractivity (Wildman–Crippen MR) is 107 cm³/mol. The third-order valence-corrected chi connectivity index (χ3v) is 6.95. The smallest absolute Gasteiger partial charge is 0.407 e. The molecule has 6 nitrogen and oxygen atoms in total. The fraction of sp³-hybridized carbons (Fsp3) is 0.682. The van der Waals surface area contributed by atoms with Gasteiger partial charge in [0.05, 0.1) is 7.11 Å². The average Bonchev–Trinajstić information content (AvgIpc) is 3.06. The first-order valence-electron chi connectivity index (χ1n) is 10.5. The van der Waals surface area contributed by atoms with Crippen LogP contribution in [0.3, 0.4) is 0 Å². The molecule has 0 radical (unpaired) electrons. The lowest BCUT2D eigenvalue weighted by atomic mass is 9.69. The van der Waals surface area contributed by atoms with Crippen LogP contribution in [0.5, 0.6) is 11.5 Å². The van der Waals surface area contributed by atoms with Gasteiger partial charge in [-0.1, -0.05) is 26.3 Å². The molecule has 1 fully saturated rings. The van der Waals surface area contributed by atoms with Crippen LogP contribution in [0.4, 0.5) is 4.79 Å². The molecule has 4 atom stereocenters. The quantitative estimate of drug-likeness (QED) is 0.783. The molecule has 1 aliphatic carbocycles. The van der Waals surface area contributed by atoms with Gasteiger partial charge in [-0.05, 0) is 38.1 Å². The Hall–Kier alpha value is -1.95. The highest BCUT2D eigenvalue weighted by Crippen LogP contribution is 2.61. The number of amides is 1. The second-order valence-electron chi connectivity index (χ2n) is 8.51. The molecule has 2 heterocycles. The number of hydrogen-bond donors (Lipinski definition) is 1. The topological polar surface area (TPSA) is 60.0 Å². The van der Waals surface area contributed by atoms with Gasteiger partial charge < -0.3 is 24.4 Å². The zero-order valence-corrected chi connectivity index (χ0v) is 17.4. The minimum atomic E-state index is -0.307. The van der Waals surface area contributed by atoms with Gasteiger partial charge in [0.15, 0.2) is 11.5 Å². The lowest BCUT2D eigenvalue weighted by Gasteiger charge is -2.34. The Balaban J connectivity index is 1.64. The summed E-state index contributed by atoms with van der Waals surface area (Å²) < 4.78 is 18.0. The standard InChI is InChI=1S/C22H32N2O4/c1-5-6-10-23-21(25)27-17-12-18-22(14(17)2)9-11-24(3)13-15-7-8-16(26-4)20(28-18)19(15)22/h7-8,14,17-18H,5-6,9-13H2,1-4H3,(H,23,25)/t14?,17-,18+,22-/m0/s1. The summed E-state index contributed by atoms with van der Waals surface area (Å²) in [4.78, 5) is 14.6. The molecule has 0 aromatic heterocycles. The minimum absolute atomic E-state index is 0.0208. The summed E-state index contributed by atoms with van der Waals surface area (Å²) in [7, 11) is 3.86. The molecule has 1 saturated carbocycles. The number of alkyl carbamates (subject to hydrolysis) is 1. The first kappa shape index (κ1) is 19.4. The second kappa shape index (κ2) is 7.47. The number of carbonyl (C=O) groups excluding carboxylic acids is 1. The number of methoxy groups -OCH3 is 1. The van der Waals surface area contributed by atoms with Crippen LogP contribution in [0.15, 0.2) is 12.1 Å². The summed E-state index contributed by atoms with van der Waals surface area (Å²) >= 11 is 0. The van der Waals surface area contributed by atoms with E-state index in [2.05, 4.69) is 37.2 Å². The number of hydrogen-bond acceptors (Lipinski definition) is 5. The lowest BCUT2D eigenvalue weighted by Crippen LogP contribution is -2.41. The van der Waals surface area contributed by atoms with Crippen molar-refractivity contribution < 1.29 is 19.0 Å². The maximum Gasteiger partial charge on any atom is 0.407 e. The molecule has 154 valence electrons. The maximum absolute atomic E-state index is 12.3. The van der Waals surface area contributed by atoms with Gasteiger partial charge in [-0.25, -0.2) is 4.79 Å². The number of carbonyl (C=O) groups is 1. The van der Waals surface area contributed by atoms with E-state index >= 15 is 0 Å².